The molecule has 1 aliphatic heterocycles. The third-order valence-electron chi connectivity index (χ3n) is 5.25. The number of nitrogens with zero attached hydrogens (tertiary/aromatic N) is 2. The summed E-state index contributed by atoms with van der Waals surface area (Å²) in [6.07, 6.45) is 3.57. The lowest BCUT2D eigenvalue weighted by Crippen LogP contribution is -2.54. The summed E-state index contributed by atoms with van der Waals surface area (Å²) in [5, 5.41) is 3.23. The van der Waals surface area contributed by atoms with Gasteiger partial charge in [-0.05, 0) is 24.3 Å². The molecule has 1 heterocycles. The van der Waals surface area contributed by atoms with Gasteiger partial charge < -0.3 is 19.9 Å². The summed E-state index contributed by atoms with van der Waals surface area (Å²) in [5.41, 5.74) is 1.18. The molecule has 3 rings (SSSR count). The van der Waals surface area contributed by atoms with Gasteiger partial charge in [-0.1, -0.05) is 36.8 Å². The molecule has 0 aromatic heterocycles. The predicted molar refractivity (Wildman–Crippen MR) is 95.1 cm³/mol. The summed E-state index contributed by atoms with van der Waals surface area (Å²) < 4.78 is 4.89. The molecule has 25 heavy (non-hydrogen) atoms. The summed E-state index contributed by atoms with van der Waals surface area (Å²) in [7, 11) is 1.52. The number of rotatable bonds is 5. The standard InChI is InChI=1S/C19H27N3O3/c1-25-14-17(23)21-10-12-22(13-11-21)19(24)20-18(16-8-5-9-16)15-6-3-2-4-7-15/h2-4,6-7,16,18H,5,8-14H2,1H3,(H,20,24)/t18-/m0/s1. The maximum absolute atomic E-state index is 12.7. The van der Waals surface area contributed by atoms with Crippen LogP contribution in [0, 0.1) is 5.92 Å². The Bertz CT molecular complexity index is 581. The minimum Gasteiger partial charge on any atom is -0.375 e. The van der Waals surface area contributed by atoms with Crippen LogP contribution in [-0.2, 0) is 9.53 Å². The van der Waals surface area contributed by atoms with Gasteiger partial charge in [0.15, 0.2) is 0 Å². The Morgan fingerprint density at radius 3 is 2.32 bits per heavy atom. The molecular formula is C19H27N3O3. The average molecular weight is 345 g/mol. The normalized spacial score (nSPS) is 19.2. The van der Waals surface area contributed by atoms with E-state index in [0.717, 1.165) is 0 Å². The number of ether oxygens (including phenoxy) is 1. The fraction of sp³-hybridized carbons (Fsp3) is 0.579. The second-order valence-electron chi connectivity index (χ2n) is 6.83. The number of carbonyl (C=O) groups excluding carboxylic acids is 2. The van der Waals surface area contributed by atoms with Gasteiger partial charge in [0.05, 0.1) is 6.04 Å². The van der Waals surface area contributed by atoms with E-state index in [2.05, 4.69) is 17.4 Å². The second kappa shape index (κ2) is 8.34. The lowest BCUT2D eigenvalue weighted by molar-refractivity contribution is -0.136. The SMILES string of the molecule is COCC(=O)N1CCN(C(=O)N[C@@H](c2ccccc2)C2CCC2)CC1. The monoisotopic (exact) mass is 345 g/mol. The van der Waals surface area contributed by atoms with E-state index in [4.69, 9.17) is 4.74 Å². The van der Waals surface area contributed by atoms with Crippen molar-refractivity contribution in [3.8, 4) is 0 Å². The number of nitrogens with one attached hydrogen (secondary N) is 1. The molecule has 3 amide bonds. The second-order valence-corrected chi connectivity index (χ2v) is 6.83. The molecule has 1 aliphatic carbocycles. The number of hydrogen-bond donors (Lipinski definition) is 1. The summed E-state index contributed by atoms with van der Waals surface area (Å²) >= 11 is 0. The maximum Gasteiger partial charge on any atom is 0.318 e. The van der Waals surface area contributed by atoms with Crippen LogP contribution >= 0.6 is 0 Å². The molecule has 2 aliphatic rings. The Hall–Kier alpha value is -2.08. The van der Waals surface area contributed by atoms with Crippen LogP contribution in [0.15, 0.2) is 30.3 Å². The van der Waals surface area contributed by atoms with Gasteiger partial charge in [-0.25, -0.2) is 4.79 Å². The van der Waals surface area contributed by atoms with E-state index in [1.54, 1.807) is 4.90 Å². The molecule has 6 nitrogen and oxygen atoms in total. The quantitative estimate of drug-likeness (QED) is 0.888. The van der Waals surface area contributed by atoms with E-state index in [-0.39, 0.29) is 24.6 Å². The first-order chi connectivity index (χ1) is 12.2. The molecule has 0 bridgehead atoms. The van der Waals surface area contributed by atoms with Crippen LogP contribution in [-0.4, -0.2) is 61.6 Å². The molecule has 0 radical (unpaired) electrons. The fourth-order valence-electron chi connectivity index (χ4n) is 3.50. The molecule has 2 fully saturated rings. The van der Waals surface area contributed by atoms with E-state index in [1.165, 1.54) is 31.9 Å². The number of hydrogen-bond acceptors (Lipinski definition) is 3. The van der Waals surface area contributed by atoms with E-state index in [0.29, 0.717) is 32.1 Å². The van der Waals surface area contributed by atoms with Crippen LogP contribution in [0.1, 0.15) is 30.9 Å². The average Bonchev–Trinajstić information content (AvgIpc) is 2.60. The van der Waals surface area contributed by atoms with Crippen molar-refractivity contribution in [1.82, 2.24) is 15.1 Å². The van der Waals surface area contributed by atoms with Crippen molar-refractivity contribution in [2.24, 2.45) is 5.92 Å². The summed E-state index contributed by atoms with van der Waals surface area (Å²) in [5.74, 6) is 0.509. The van der Waals surface area contributed by atoms with Gasteiger partial charge in [-0.3, -0.25) is 4.79 Å². The molecule has 0 unspecified atom stereocenters. The molecule has 1 aromatic rings. The Morgan fingerprint density at radius 1 is 1.12 bits per heavy atom. The molecule has 1 saturated carbocycles. The van der Waals surface area contributed by atoms with Gasteiger partial charge in [0.1, 0.15) is 6.61 Å². The van der Waals surface area contributed by atoms with Crippen LogP contribution in [0.3, 0.4) is 0 Å². The van der Waals surface area contributed by atoms with Gasteiger partial charge in [0.25, 0.3) is 0 Å². The number of amides is 3. The molecule has 0 spiro atoms. The van der Waals surface area contributed by atoms with Crippen molar-refractivity contribution in [2.75, 3.05) is 39.9 Å². The smallest absolute Gasteiger partial charge is 0.318 e. The van der Waals surface area contributed by atoms with Crippen LogP contribution in [0.25, 0.3) is 0 Å². The number of carbonyl (C=O) groups is 2. The Kier molecular flexibility index (Phi) is 5.91. The van der Waals surface area contributed by atoms with Crippen LogP contribution < -0.4 is 5.32 Å². The van der Waals surface area contributed by atoms with Crippen molar-refractivity contribution in [1.29, 1.82) is 0 Å². The van der Waals surface area contributed by atoms with E-state index in [9.17, 15) is 9.59 Å². The molecule has 6 heteroatoms. The Labute approximate surface area is 149 Å². The zero-order chi connectivity index (χ0) is 17.6. The van der Waals surface area contributed by atoms with Crippen molar-refractivity contribution < 1.29 is 14.3 Å². The predicted octanol–water partition coefficient (Wildman–Crippen LogP) is 2.03. The van der Waals surface area contributed by atoms with Gasteiger partial charge >= 0.3 is 6.03 Å². The molecule has 1 N–H and O–H groups in total. The van der Waals surface area contributed by atoms with Crippen molar-refractivity contribution >= 4 is 11.9 Å². The highest BCUT2D eigenvalue weighted by atomic mass is 16.5. The van der Waals surface area contributed by atoms with Crippen molar-refractivity contribution in [2.45, 2.75) is 25.3 Å². The van der Waals surface area contributed by atoms with Crippen molar-refractivity contribution in [3.63, 3.8) is 0 Å². The molecule has 1 saturated heterocycles. The van der Waals surface area contributed by atoms with Crippen LogP contribution in [0.4, 0.5) is 4.79 Å². The number of methoxy groups -OCH3 is 1. The van der Waals surface area contributed by atoms with E-state index >= 15 is 0 Å². The van der Waals surface area contributed by atoms with Gasteiger partial charge in [-0.2, -0.15) is 0 Å². The first-order valence-electron chi connectivity index (χ1n) is 9.06. The highest BCUT2D eigenvalue weighted by molar-refractivity contribution is 5.78. The largest absolute Gasteiger partial charge is 0.375 e. The van der Waals surface area contributed by atoms with Crippen molar-refractivity contribution in [3.05, 3.63) is 35.9 Å². The molecule has 136 valence electrons. The lowest BCUT2D eigenvalue weighted by atomic mass is 9.77. The topological polar surface area (TPSA) is 61.9 Å². The third kappa shape index (κ3) is 4.31. The summed E-state index contributed by atoms with van der Waals surface area (Å²) in [4.78, 5) is 28.1. The highest BCUT2D eigenvalue weighted by Crippen LogP contribution is 2.37. The Morgan fingerprint density at radius 2 is 1.76 bits per heavy atom. The highest BCUT2D eigenvalue weighted by Gasteiger charge is 2.32. The first-order valence-corrected chi connectivity index (χ1v) is 9.06. The zero-order valence-electron chi connectivity index (χ0n) is 14.8. The fourth-order valence-corrected chi connectivity index (χ4v) is 3.50. The van der Waals surface area contributed by atoms with Crippen LogP contribution in [0.5, 0.6) is 0 Å². The first kappa shape index (κ1) is 17.7. The summed E-state index contributed by atoms with van der Waals surface area (Å²) in [6.45, 7) is 2.36. The van der Waals surface area contributed by atoms with E-state index < -0.39 is 0 Å². The van der Waals surface area contributed by atoms with E-state index in [1.807, 2.05) is 23.1 Å². The number of urea groups is 1. The molecule has 1 aromatic carbocycles. The Balaban J connectivity index is 1.56. The molecule has 1 atom stereocenters. The van der Waals surface area contributed by atoms with Gasteiger partial charge in [0, 0.05) is 33.3 Å². The molecular weight excluding hydrogens is 318 g/mol. The third-order valence-corrected chi connectivity index (χ3v) is 5.25. The van der Waals surface area contributed by atoms with Gasteiger partial charge in [0.2, 0.25) is 5.91 Å². The zero-order valence-corrected chi connectivity index (χ0v) is 14.8. The maximum atomic E-state index is 12.7. The minimum absolute atomic E-state index is 0.0146. The van der Waals surface area contributed by atoms with Gasteiger partial charge in [-0.15, -0.1) is 0 Å². The lowest BCUT2D eigenvalue weighted by Gasteiger charge is -2.38. The minimum atomic E-state index is -0.0282. The number of piperazine rings is 1. The summed E-state index contributed by atoms with van der Waals surface area (Å²) in [6, 6.07) is 10.3. The number of benzene rings is 1. The van der Waals surface area contributed by atoms with Crippen LogP contribution in [0.2, 0.25) is 0 Å².